The summed E-state index contributed by atoms with van der Waals surface area (Å²) >= 11 is 0. The fraction of sp³-hybridized carbons (Fsp3) is 0.833. The van der Waals surface area contributed by atoms with E-state index in [1.54, 1.807) is 4.90 Å². The summed E-state index contributed by atoms with van der Waals surface area (Å²) in [6.07, 6.45) is 2.01. The Labute approximate surface area is 102 Å². The van der Waals surface area contributed by atoms with Gasteiger partial charge in [0.15, 0.2) is 0 Å². The quantitative estimate of drug-likeness (QED) is 0.818. The standard InChI is InChI=1S/C12H22N2O3/c1-9(2)14(8-11(15)16)12(17)13-6-4-10(3)5-7-13/h9-10H,4-8H2,1-3H3,(H,15,16). The van der Waals surface area contributed by atoms with Crippen LogP contribution in [0, 0.1) is 5.92 Å². The maximum Gasteiger partial charge on any atom is 0.323 e. The van der Waals surface area contributed by atoms with Crippen LogP contribution in [0.25, 0.3) is 0 Å². The van der Waals surface area contributed by atoms with Gasteiger partial charge in [-0.1, -0.05) is 6.92 Å². The number of likely N-dealkylation sites (tertiary alicyclic amines) is 1. The van der Waals surface area contributed by atoms with Crippen LogP contribution in [0.5, 0.6) is 0 Å². The van der Waals surface area contributed by atoms with Crippen molar-refractivity contribution in [1.29, 1.82) is 0 Å². The van der Waals surface area contributed by atoms with Crippen molar-refractivity contribution in [2.24, 2.45) is 5.92 Å². The summed E-state index contributed by atoms with van der Waals surface area (Å²) in [4.78, 5) is 26.1. The number of carbonyl (C=O) groups excluding carboxylic acids is 1. The van der Waals surface area contributed by atoms with Crippen LogP contribution in [0.15, 0.2) is 0 Å². The van der Waals surface area contributed by atoms with Gasteiger partial charge in [0.05, 0.1) is 0 Å². The first kappa shape index (κ1) is 13.8. The normalized spacial score (nSPS) is 17.3. The van der Waals surface area contributed by atoms with Gasteiger partial charge < -0.3 is 14.9 Å². The number of carboxylic acid groups (broad SMARTS) is 1. The van der Waals surface area contributed by atoms with E-state index in [-0.39, 0.29) is 18.6 Å². The molecular weight excluding hydrogens is 220 g/mol. The second-order valence-electron chi connectivity index (χ2n) is 5.07. The van der Waals surface area contributed by atoms with Crippen LogP contribution in [0.3, 0.4) is 0 Å². The lowest BCUT2D eigenvalue weighted by molar-refractivity contribution is -0.138. The molecule has 1 N–H and O–H groups in total. The van der Waals surface area contributed by atoms with Crippen molar-refractivity contribution in [2.45, 2.75) is 39.7 Å². The van der Waals surface area contributed by atoms with Crippen LogP contribution < -0.4 is 0 Å². The molecule has 0 radical (unpaired) electrons. The smallest absolute Gasteiger partial charge is 0.323 e. The van der Waals surface area contributed by atoms with Crippen LogP contribution in [-0.2, 0) is 4.79 Å². The summed E-state index contributed by atoms with van der Waals surface area (Å²) in [6, 6.07) is -0.229. The molecule has 0 aromatic rings. The number of rotatable bonds is 3. The van der Waals surface area contributed by atoms with Crippen molar-refractivity contribution in [3.63, 3.8) is 0 Å². The monoisotopic (exact) mass is 242 g/mol. The number of hydrogen-bond donors (Lipinski definition) is 1. The Hall–Kier alpha value is -1.26. The molecule has 5 heteroatoms. The second kappa shape index (κ2) is 5.89. The third-order valence-corrected chi connectivity index (χ3v) is 3.23. The van der Waals surface area contributed by atoms with Crippen molar-refractivity contribution < 1.29 is 14.7 Å². The Kier molecular flexibility index (Phi) is 4.78. The predicted molar refractivity (Wildman–Crippen MR) is 64.8 cm³/mol. The molecule has 0 saturated carbocycles. The van der Waals surface area contributed by atoms with E-state index in [0.29, 0.717) is 5.92 Å². The lowest BCUT2D eigenvalue weighted by Gasteiger charge is -2.36. The molecule has 0 aromatic heterocycles. The molecule has 1 heterocycles. The summed E-state index contributed by atoms with van der Waals surface area (Å²) in [7, 11) is 0. The number of hydrogen-bond acceptors (Lipinski definition) is 2. The molecule has 0 bridgehead atoms. The van der Waals surface area contributed by atoms with Crippen molar-refractivity contribution in [2.75, 3.05) is 19.6 Å². The molecule has 1 saturated heterocycles. The van der Waals surface area contributed by atoms with E-state index in [0.717, 1.165) is 25.9 Å². The minimum absolute atomic E-state index is 0.0852. The molecule has 0 aromatic carbocycles. The Balaban J connectivity index is 2.61. The number of carbonyl (C=O) groups is 2. The summed E-state index contributed by atoms with van der Waals surface area (Å²) in [5.41, 5.74) is 0. The van der Waals surface area contributed by atoms with Gasteiger partial charge in [-0.15, -0.1) is 0 Å². The molecule has 1 rings (SSSR count). The van der Waals surface area contributed by atoms with Crippen LogP contribution in [0.1, 0.15) is 33.6 Å². The first-order valence-corrected chi connectivity index (χ1v) is 6.19. The average Bonchev–Trinajstić information content (AvgIpc) is 2.25. The minimum Gasteiger partial charge on any atom is -0.480 e. The number of carboxylic acids is 1. The maximum absolute atomic E-state index is 12.2. The molecule has 2 amide bonds. The van der Waals surface area contributed by atoms with Crippen LogP contribution in [0.2, 0.25) is 0 Å². The number of aliphatic carboxylic acids is 1. The number of urea groups is 1. The van der Waals surface area contributed by atoms with Gasteiger partial charge >= 0.3 is 12.0 Å². The third-order valence-electron chi connectivity index (χ3n) is 3.23. The molecule has 1 aliphatic heterocycles. The molecule has 0 atom stereocenters. The topological polar surface area (TPSA) is 60.9 Å². The zero-order valence-electron chi connectivity index (χ0n) is 10.8. The van der Waals surface area contributed by atoms with E-state index in [1.165, 1.54) is 4.90 Å². The minimum atomic E-state index is -0.961. The summed E-state index contributed by atoms with van der Waals surface area (Å²) in [6.45, 7) is 7.12. The van der Waals surface area contributed by atoms with E-state index in [9.17, 15) is 9.59 Å². The van der Waals surface area contributed by atoms with Crippen molar-refractivity contribution in [1.82, 2.24) is 9.80 Å². The van der Waals surface area contributed by atoms with Crippen molar-refractivity contribution in [3.05, 3.63) is 0 Å². The highest BCUT2D eigenvalue weighted by molar-refractivity contribution is 5.80. The number of nitrogens with zero attached hydrogens (tertiary/aromatic N) is 2. The van der Waals surface area contributed by atoms with E-state index in [4.69, 9.17) is 5.11 Å². The first-order chi connectivity index (χ1) is 7.91. The highest BCUT2D eigenvalue weighted by Gasteiger charge is 2.27. The molecule has 0 spiro atoms. The van der Waals surface area contributed by atoms with Crippen molar-refractivity contribution >= 4 is 12.0 Å². The molecule has 0 aliphatic carbocycles. The van der Waals surface area contributed by atoms with Crippen molar-refractivity contribution in [3.8, 4) is 0 Å². The van der Waals surface area contributed by atoms with Gasteiger partial charge in [-0.05, 0) is 32.6 Å². The Morgan fingerprint density at radius 1 is 1.35 bits per heavy atom. The highest BCUT2D eigenvalue weighted by atomic mass is 16.4. The summed E-state index contributed by atoms with van der Waals surface area (Å²) in [5.74, 6) is -0.302. The number of amides is 2. The molecular formula is C12H22N2O3. The zero-order chi connectivity index (χ0) is 13.0. The van der Waals surface area contributed by atoms with Gasteiger partial charge in [-0.2, -0.15) is 0 Å². The van der Waals surface area contributed by atoms with E-state index in [1.807, 2.05) is 13.8 Å². The molecule has 17 heavy (non-hydrogen) atoms. The molecule has 0 unspecified atom stereocenters. The number of piperidine rings is 1. The SMILES string of the molecule is CC1CCN(C(=O)N(CC(=O)O)C(C)C)CC1. The maximum atomic E-state index is 12.2. The van der Waals surface area contributed by atoms with E-state index >= 15 is 0 Å². The molecule has 98 valence electrons. The Morgan fingerprint density at radius 2 is 1.88 bits per heavy atom. The van der Waals surface area contributed by atoms with Crippen LogP contribution in [-0.4, -0.2) is 52.6 Å². The van der Waals surface area contributed by atoms with E-state index in [2.05, 4.69) is 6.92 Å². The van der Waals surface area contributed by atoms with Gasteiger partial charge in [0, 0.05) is 19.1 Å². The molecule has 1 aliphatic rings. The fourth-order valence-corrected chi connectivity index (χ4v) is 2.00. The van der Waals surface area contributed by atoms with E-state index < -0.39 is 5.97 Å². The lowest BCUT2D eigenvalue weighted by atomic mass is 9.99. The third kappa shape index (κ3) is 3.91. The fourth-order valence-electron chi connectivity index (χ4n) is 2.00. The zero-order valence-corrected chi connectivity index (χ0v) is 10.8. The van der Waals surface area contributed by atoms with Gasteiger partial charge in [0.2, 0.25) is 0 Å². The summed E-state index contributed by atoms with van der Waals surface area (Å²) < 4.78 is 0. The molecule has 5 nitrogen and oxygen atoms in total. The molecule has 1 fully saturated rings. The Bertz CT molecular complexity index is 283. The van der Waals surface area contributed by atoms with Gasteiger partial charge in [0.1, 0.15) is 6.54 Å². The largest absolute Gasteiger partial charge is 0.480 e. The first-order valence-electron chi connectivity index (χ1n) is 6.19. The second-order valence-corrected chi connectivity index (χ2v) is 5.07. The lowest BCUT2D eigenvalue weighted by Crippen LogP contribution is -2.50. The summed E-state index contributed by atoms with van der Waals surface area (Å²) in [5, 5.41) is 8.81. The van der Waals surface area contributed by atoms with Gasteiger partial charge in [-0.25, -0.2) is 4.79 Å². The Morgan fingerprint density at radius 3 is 2.29 bits per heavy atom. The van der Waals surface area contributed by atoms with Gasteiger partial charge in [0.25, 0.3) is 0 Å². The predicted octanol–water partition coefficient (Wildman–Crippen LogP) is 1.63. The average molecular weight is 242 g/mol. The van der Waals surface area contributed by atoms with Crippen LogP contribution in [0.4, 0.5) is 4.79 Å². The van der Waals surface area contributed by atoms with Crippen LogP contribution >= 0.6 is 0 Å². The van der Waals surface area contributed by atoms with Gasteiger partial charge in [-0.3, -0.25) is 4.79 Å². The highest BCUT2D eigenvalue weighted by Crippen LogP contribution is 2.17.